The minimum atomic E-state index is 0.215. The highest BCUT2D eigenvalue weighted by atomic mass is 15.1. The summed E-state index contributed by atoms with van der Waals surface area (Å²) in [6.45, 7) is 4.25. The molecule has 1 aromatic heterocycles. The van der Waals surface area contributed by atoms with Gasteiger partial charge in [0.2, 0.25) is 0 Å². The van der Waals surface area contributed by atoms with Gasteiger partial charge in [0.1, 0.15) is 17.5 Å². The van der Waals surface area contributed by atoms with Crippen LogP contribution in [0.2, 0.25) is 0 Å². The van der Waals surface area contributed by atoms with Crippen LogP contribution in [0.1, 0.15) is 56.3 Å². The lowest BCUT2D eigenvalue weighted by Crippen LogP contribution is -2.42. The summed E-state index contributed by atoms with van der Waals surface area (Å²) in [5.74, 6) is 3.06. The number of rotatable bonds is 3. The largest absolute Gasteiger partial charge is 0.383 e. The van der Waals surface area contributed by atoms with E-state index in [0.717, 1.165) is 17.2 Å². The molecular weight excluding hydrogens is 212 g/mol. The van der Waals surface area contributed by atoms with Crippen LogP contribution in [0.5, 0.6) is 0 Å². The molecule has 0 radical (unpaired) electrons. The van der Waals surface area contributed by atoms with Gasteiger partial charge in [-0.2, -0.15) is 0 Å². The Morgan fingerprint density at radius 1 is 1.29 bits per heavy atom. The normalized spacial score (nSPS) is 22.0. The number of hydrogen-bond acceptors (Lipinski definition) is 4. The van der Waals surface area contributed by atoms with Gasteiger partial charge in [0.15, 0.2) is 0 Å². The van der Waals surface area contributed by atoms with Crippen molar-refractivity contribution in [3.63, 3.8) is 0 Å². The lowest BCUT2D eigenvalue weighted by Gasteiger charge is -2.40. The molecule has 4 heteroatoms. The topological polar surface area (TPSA) is 63.8 Å². The van der Waals surface area contributed by atoms with Crippen LogP contribution in [0.3, 0.4) is 0 Å². The van der Waals surface area contributed by atoms with Crippen LogP contribution >= 0.6 is 0 Å². The molecule has 2 saturated carbocycles. The van der Waals surface area contributed by atoms with E-state index in [9.17, 15) is 0 Å². The standard InChI is InChI=1S/C13H20N4/c1-8-10(14)15-12(9-4-5-9)16-11(8)17-13(2)6-3-7-13/h9H,3-7H2,1-2H3,(H3,14,15,16,17). The number of aromatic nitrogens is 2. The zero-order valence-corrected chi connectivity index (χ0v) is 10.6. The lowest BCUT2D eigenvalue weighted by atomic mass is 9.78. The summed E-state index contributed by atoms with van der Waals surface area (Å²) in [5, 5.41) is 3.56. The third-order valence-corrected chi connectivity index (χ3v) is 4.02. The van der Waals surface area contributed by atoms with Crippen molar-refractivity contribution in [1.82, 2.24) is 9.97 Å². The highest BCUT2D eigenvalue weighted by Crippen LogP contribution is 2.40. The molecule has 0 unspecified atom stereocenters. The molecule has 0 atom stereocenters. The van der Waals surface area contributed by atoms with Gasteiger partial charge in [-0.25, -0.2) is 9.97 Å². The molecule has 0 saturated heterocycles. The minimum absolute atomic E-state index is 0.215. The number of anilines is 2. The maximum absolute atomic E-state index is 5.97. The molecular formula is C13H20N4. The van der Waals surface area contributed by atoms with Crippen LogP contribution in [0.4, 0.5) is 11.6 Å². The van der Waals surface area contributed by atoms with Crippen molar-refractivity contribution in [1.29, 1.82) is 0 Å². The van der Waals surface area contributed by atoms with E-state index < -0.39 is 0 Å². The second kappa shape index (κ2) is 3.59. The SMILES string of the molecule is Cc1c(N)nc(C2CC2)nc1NC1(C)CCC1. The molecule has 2 aliphatic carbocycles. The van der Waals surface area contributed by atoms with Crippen molar-refractivity contribution >= 4 is 11.6 Å². The van der Waals surface area contributed by atoms with Gasteiger partial charge >= 0.3 is 0 Å². The molecule has 0 amide bonds. The van der Waals surface area contributed by atoms with E-state index in [2.05, 4.69) is 22.2 Å². The fourth-order valence-electron chi connectivity index (χ4n) is 2.32. The first-order chi connectivity index (χ1) is 8.07. The summed E-state index contributed by atoms with van der Waals surface area (Å²) in [4.78, 5) is 9.06. The van der Waals surface area contributed by atoms with Crippen molar-refractivity contribution < 1.29 is 0 Å². The van der Waals surface area contributed by atoms with E-state index in [1.54, 1.807) is 0 Å². The Labute approximate surface area is 102 Å². The fourth-order valence-corrected chi connectivity index (χ4v) is 2.32. The van der Waals surface area contributed by atoms with E-state index in [0.29, 0.717) is 11.7 Å². The van der Waals surface area contributed by atoms with Crippen molar-refractivity contribution in [3.05, 3.63) is 11.4 Å². The van der Waals surface area contributed by atoms with Gasteiger partial charge in [-0.3, -0.25) is 0 Å². The van der Waals surface area contributed by atoms with Crippen LogP contribution in [0.25, 0.3) is 0 Å². The van der Waals surface area contributed by atoms with Crippen LogP contribution in [0, 0.1) is 6.92 Å². The first kappa shape index (κ1) is 10.8. The molecule has 2 aliphatic rings. The Morgan fingerprint density at radius 3 is 2.53 bits per heavy atom. The highest BCUT2D eigenvalue weighted by molar-refractivity contribution is 5.56. The van der Waals surface area contributed by atoms with Gasteiger partial charge in [-0.05, 0) is 46.0 Å². The molecule has 92 valence electrons. The van der Waals surface area contributed by atoms with Crippen LogP contribution in [0.15, 0.2) is 0 Å². The summed E-state index contributed by atoms with van der Waals surface area (Å²) in [5.41, 5.74) is 7.18. The van der Waals surface area contributed by atoms with E-state index >= 15 is 0 Å². The first-order valence-electron chi connectivity index (χ1n) is 6.50. The second-order valence-electron chi connectivity index (χ2n) is 5.75. The molecule has 1 heterocycles. The number of nitrogens with zero attached hydrogens (tertiary/aromatic N) is 2. The average Bonchev–Trinajstić information content (AvgIpc) is 3.05. The Hall–Kier alpha value is -1.32. The van der Waals surface area contributed by atoms with Gasteiger partial charge in [0.05, 0.1) is 0 Å². The van der Waals surface area contributed by atoms with Crippen LogP contribution in [-0.4, -0.2) is 15.5 Å². The summed E-state index contributed by atoms with van der Waals surface area (Å²) in [7, 11) is 0. The minimum Gasteiger partial charge on any atom is -0.383 e. The zero-order valence-electron chi connectivity index (χ0n) is 10.6. The number of nitrogens with one attached hydrogen (secondary N) is 1. The Morgan fingerprint density at radius 2 is 2.00 bits per heavy atom. The number of nitrogen functional groups attached to an aromatic ring is 1. The molecule has 1 aromatic rings. The summed E-state index contributed by atoms with van der Waals surface area (Å²) >= 11 is 0. The quantitative estimate of drug-likeness (QED) is 0.840. The Bertz CT molecular complexity index is 447. The second-order valence-corrected chi connectivity index (χ2v) is 5.75. The summed E-state index contributed by atoms with van der Waals surface area (Å²) in [6.07, 6.45) is 6.15. The molecule has 0 aromatic carbocycles. The smallest absolute Gasteiger partial charge is 0.136 e. The maximum atomic E-state index is 5.97. The van der Waals surface area contributed by atoms with E-state index in [1.807, 2.05) is 6.92 Å². The van der Waals surface area contributed by atoms with Crippen molar-refractivity contribution in [2.75, 3.05) is 11.1 Å². The fraction of sp³-hybridized carbons (Fsp3) is 0.692. The molecule has 2 fully saturated rings. The monoisotopic (exact) mass is 232 g/mol. The Balaban J connectivity index is 1.90. The lowest BCUT2D eigenvalue weighted by molar-refractivity contribution is 0.305. The molecule has 0 bridgehead atoms. The van der Waals surface area contributed by atoms with Gasteiger partial charge in [-0.1, -0.05) is 0 Å². The zero-order chi connectivity index (χ0) is 12.0. The average molecular weight is 232 g/mol. The predicted molar refractivity (Wildman–Crippen MR) is 69.0 cm³/mol. The van der Waals surface area contributed by atoms with Gasteiger partial charge in [0, 0.05) is 17.0 Å². The Kier molecular flexibility index (Phi) is 2.28. The van der Waals surface area contributed by atoms with Crippen molar-refractivity contribution in [2.45, 2.75) is 57.4 Å². The number of hydrogen-bond donors (Lipinski definition) is 2. The van der Waals surface area contributed by atoms with Gasteiger partial charge < -0.3 is 11.1 Å². The summed E-state index contributed by atoms with van der Waals surface area (Å²) in [6, 6.07) is 0. The highest BCUT2D eigenvalue weighted by Gasteiger charge is 2.33. The van der Waals surface area contributed by atoms with Crippen LogP contribution in [-0.2, 0) is 0 Å². The van der Waals surface area contributed by atoms with Crippen molar-refractivity contribution in [3.8, 4) is 0 Å². The summed E-state index contributed by atoms with van der Waals surface area (Å²) < 4.78 is 0. The van der Waals surface area contributed by atoms with E-state index in [-0.39, 0.29) is 5.54 Å². The van der Waals surface area contributed by atoms with Crippen LogP contribution < -0.4 is 11.1 Å². The molecule has 17 heavy (non-hydrogen) atoms. The molecule has 0 spiro atoms. The van der Waals surface area contributed by atoms with E-state index in [4.69, 9.17) is 5.73 Å². The molecule has 3 rings (SSSR count). The molecule has 4 nitrogen and oxygen atoms in total. The van der Waals surface area contributed by atoms with E-state index in [1.165, 1.54) is 32.1 Å². The predicted octanol–water partition coefficient (Wildman–Crippen LogP) is 2.60. The number of nitrogens with two attached hydrogens (primary N) is 1. The third-order valence-electron chi connectivity index (χ3n) is 4.02. The van der Waals surface area contributed by atoms with Gasteiger partial charge in [0.25, 0.3) is 0 Å². The maximum Gasteiger partial charge on any atom is 0.136 e. The molecule has 0 aliphatic heterocycles. The van der Waals surface area contributed by atoms with Crippen molar-refractivity contribution in [2.24, 2.45) is 0 Å². The molecule has 3 N–H and O–H groups in total. The first-order valence-corrected chi connectivity index (χ1v) is 6.50. The third kappa shape index (κ3) is 1.96. The van der Waals surface area contributed by atoms with Gasteiger partial charge in [-0.15, -0.1) is 0 Å².